The number of carbonyl (C=O) groups is 1. The number of hydrogen-bond donors (Lipinski definition) is 2. The standard InChI is InChI=1S/C17H30N4O2/c1-13(19-15(22)11-7-2-3-8-12-18)17-20-16(21-23-17)14-9-5-4-6-10-14/h13-14H,2-12,18H2,1H3,(H,19,22). The summed E-state index contributed by atoms with van der Waals surface area (Å²) in [6.45, 7) is 2.62. The van der Waals surface area contributed by atoms with Gasteiger partial charge >= 0.3 is 0 Å². The van der Waals surface area contributed by atoms with Crippen LogP contribution in [0, 0.1) is 0 Å². The highest BCUT2D eigenvalue weighted by atomic mass is 16.5. The highest BCUT2D eigenvalue weighted by molar-refractivity contribution is 5.76. The Labute approximate surface area is 138 Å². The Balaban J connectivity index is 1.73. The zero-order valence-corrected chi connectivity index (χ0v) is 14.2. The van der Waals surface area contributed by atoms with E-state index in [1.165, 1.54) is 19.3 Å². The fourth-order valence-corrected chi connectivity index (χ4v) is 3.11. The minimum absolute atomic E-state index is 0.0441. The van der Waals surface area contributed by atoms with Crippen molar-refractivity contribution in [3.63, 3.8) is 0 Å². The van der Waals surface area contributed by atoms with Gasteiger partial charge < -0.3 is 15.6 Å². The summed E-state index contributed by atoms with van der Waals surface area (Å²) in [7, 11) is 0. The summed E-state index contributed by atoms with van der Waals surface area (Å²) in [6.07, 6.45) is 10.7. The quantitative estimate of drug-likeness (QED) is 0.681. The molecule has 0 bridgehead atoms. The van der Waals surface area contributed by atoms with Crippen LogP contribution < -0.4 is 11.1 Å². The Hall–Kier alpha value is -1.43. The van der Waals surface area contributed by atoms with Crippen LogP contribution in [0.5, 0.6) is 0 Å². The summed E-state index contributed by atoms with van der Waals surface area (Å²) >= 11 is 0. The number of nitrogens with two attached hydrogens (primary N) is 1. The third-order valence-electron chi connectivity index (χ3n) is 4.53. The summed E-state index contributed by atoms with van der Waals surface area (Å²) in [5, 5.41) is 7.06. The largest absolute Gasteiger partial charge is 0.345 e. The predicted octanol–water partition coefficient (Wildman–Crippen LogP) is 3.20. The summed E-state index contributed by atoms with van der Waals surface area (Å²) < 4.78 is 5.35. The van der Waals surface area contributed by atoms with Gasteiger partial charge in [-0.3, -0.25) is 4.79 Å². The molecule has 1 aromatic rings. The average Bonchev–Trinajstić information content (AvgIpc) is 3.05. The number of nitrogens with one attached hydrogen (secondary N) is 1. The van der Waals surface area contributed by atoms with Crippen LogP contribution in [0.2, 0.25) is 0 Å². The highest BCUT2D eigenvalue weighted by Gasteiger charge is 2.23. The Kier molecular flexibility index (Phi) is 7.52. The third-order valence-corrected chi connectivity index (χ3v) is 4.53. The summed E-state index contributed by atoms with van der Waals surface area (Å²) in [5.41, 5.74) is 5.45. The zero-order valence-electron chi connectivity index (χ0n) is 14.2. The molecule has 1 atom stereocenters. The minimum atomic E-state index is -0.226. The molecule has 1 heterocycles. The molecule has 0 radical (unpaired) electrons. The molecular weight excluding hydrogens is 292 g/mol. The second-order valence-corrected chi connectivity index (χ2v) is 6.57. The fourth-order valence-electron chi connectivity index (χ4n) is 3.11. The first-order valence-corrected chi connectivity index (χ1v) is 9.03. The van der Waals surface area contributed by atoms with Gasteiger partial charge in [0, 0.05) is 12.3 Å². The lowest BCUT2D eigenvalue weighted by Gasteiger charge is -2.17. The molecule has 1 fully saturated rings. The molecule has 0 aliphatic heterocycles. The molecule has 1 amide bonds. The van der Waals surface area contributed by atoms with Gasteiger partial charge in [-0.2, -0.15) is 4.98 Å². The highest BCUT2D eigenvalue weighted by Crippen LogP contribution is 2.31. The van der Waals surface area contributed by atoms with E-state index in [2.05, 4.69) is 15.5 Å². The molecule has 1 aliphatic rings. The maximum Gasteiger partial charge on any atom is 0.248 e. The van der Waals surface area contributed by atoms with E-state index in [4.69, 9.17) is 10.3 Å². The van der Waals surface area contributed by atoms with E-state index in [0.29, 0.717) is 18.2 Å². The average molecular weight is 322 g/mol. The van der Waals surface area contributed by atoms with Crippen LogP contribution in [0.3, 0.4) is 0 Å². The van der Waals surface area contributed by atoms with Crippen LogP contribution in [-0.4, -0.2) is 22.6 Å². The second-order valence-electron chi connectivity index (χ2n) is 6.57. The minimum Gasteiger partial charge on any atom is -0.345 e. The number of carbonyl (C=O) groups excluding carboxylic acids is 1. The number of rotatable bonds is 9. The lowest BCUT2D eigenvalue weighted by atomic mass is 9.89. The van der Waals surface area contributed by atoms with E-state index >= 15 is 0 Å². The van der Waals surface area contributed by atoms with Crippen molar-refractivity contribution in [3.8, 4) is 0 Å². The normalized spacial score (nSPS) is 17.1. The van der Waals surface area contributed by atoms with E-state index in [-0.39, 0.29) is 11.9 Å². The Bertz CT molecular complexity index is 469. The van der Waals surface area contributed by atoms with E-state index in [1.807, 2.05) is 6.92 Å². The molecule has 1 saturated carbocycles. The van der Waals surface area contributed by atoms with E-state index in [1.54, 1.807) is 0 Å². The van der Waals surface area contributed by atoms with Gasteiger partial charge in [-0.05, 0) is 39.2 Å². The number of nitrogens with zero attached hydrogens (tertiary/aromatic N) is 2. The van der Waals surface area contributed by atoms with Crippen LogP contribution in [0.4, 0.5) is 0 Å². The van der Waals surface area contributed by atoms with Crippen molar-refractivity contribution < 1.29 is 9.32 Å². The molecule has 1 unspecified atom stereocenters. The maximum absolute atomic E-state index is 11.9. The van der Waals surface area contributed by atoms with E-state index in [0.717, 1.165) is 50.9 Å². The van der Waals surface area contributed by atoms with Crippen LogP contribution in [0.1, 0.15) is 94.8 Å². The predicted molar refractivity (Wildman–Crippen MR) is 88.8 cm³/mol. The first kappa shape index (κ1) is 17.9. The van der Waals surface area contributed by atoms with Crippen molar-refractivity contribution in [2.45, 2.75) is 83.1 Å². The molecule has 23 heavy (non-hydrogen) atoms. The Morgan fingerprint density at radius 1 is 1.26 bits per heavy atom. The van der Waals surface area contributed by atoms with Crippen LogP contribution in [-0.2, 0) is 4.79 Å². The van der Waals surface area contributed by atoms with Gasteiger partial charge in [0.1, 0.15) is 6.04 Å². The van der Waals surface area contributed by atoms with Crippen molar-refractivity contribution in [1.29, 1.82) is 0 Å². The van der Waals surface area contributed by atoms with E-state index in [9.17, 15) is 4.79 Å². The van der Waals surface area contributed by atoms with Crippen molar-refractivity contribution in [2.75, 3.05) is 6.54 Å². The van der Waals surface area contributed by atoms with Gasteiger partial charge in [-0.25, -0.2) is 0 Å². The molecule has 2 rings (SSSR count). The topological polar surface area (TPSA) is 94.0 Å². The molecule has 130 valence electrons. The molecule has 0 spiro atoms. The van der Waals surface area contributed by atoms with Gasteiger partial charge in [-0.15, -0.1) is 0 Å². The number of amides is 1. The van der Waals surface area contributed by atoms with Crippen LogP contribution >= 0.6 is 0 Å². The summed E-state index contributed by atoms with van der Waals surface area (Å²) in [4.78, 5) is 16.4. The smallest absolute Gasteiger partial charge is 0.248 e. The molecule has 6 nitrogen and oxygen atoms in total. The SMILES string of the molecule is CC(NC(=O)CCCCCCN)c1nc(C2CCCCC2)no1. The number of unbranched alkanes of at least 4 members (excludes halogenated alkanes) is 3. The Morgan fingerprint density at radius 3 is 2.74 bits per heavy atom. The van der Waals surface area contributed by atoms with Gasteiger partial charge in [0.15, 0.2) is 5.82 Å². The van der Waals surface area contributed by atoms with Crippen LogP contribution in [0.25, 0.3) is 0 Å². The second kappa shape index (κ2) is 9.65. The van der Waals surface area contributed by atoms with Crippen LogP contribution in [0.15, 0.2) is 4.52 Å². The molecular formula is C17H30N4O2. The Morgan fingerprint density at radius 2 is 2.00 bits per heavy atom. The van der Waals surface area contributed by atoms with Crippen molar-refractivity contribution >= 4 is 5.91 Å². The third kappa shape index (κ3) is 5.94. The molecule has 6 heteroatoms. The van der Waals surface area contributed by atoms with Crippen molar-refractivity contribution in [1.82, 2.24) is 15.5 Å². The number of hydrogen-bond acceptors (Lipinski definition) is 5. The zero-order chi connectivity index (χ0) is 16.5. The first-order chi connectivity index (χ1) is 11.2. The van der Waals surface area contributed by atoms with Gasteiger partial charge in [-0.1, -0.05) is 37.3 Å². The summed E-state index contributed by atoms with van der Waals surface area (Å²) in [5.74, 6) is 1.79. The molecule has 1 aromatic heterocycles. The number of aromatic nitrogens is 2. The molecule has 0 aromatic carbocycles. The fraction of sp³-hybridized carbons (Fsp3) is 0.824. The molecule has 0 saturated heterocycles. The maximum atomic E-state index is 11.9. The monoisotopic (exact) mass is 322 g/mol. The van der Waals surface area contributed by atoms with Gasteiger partial charge in [0.25, 0.3) is 0 Å². The first-order valence-electron chi connectivity index (χ1n) is 9.03. The van der Waals surface area contributed by atoms with Gasteiger partial charge in [0.05, 0.1) is 0 Å². The molecule has 1 aliphatic carbocycles. The van der Waals surface area contributed by atoms with E-state index < -0.39 is 0 Å². The lowest BCUT2D eigenvalue weighted by Crippen LogP contribution is -2.26. The van der Waals surface area contributed by atoms with Crippen molar-refractivity contribution in [2.24, 2.45) is 5.73 Å². The summed E-state index contributed by atoms with van der Waals surface area (Å²) in [6, 6.07) is -0.226. The van der Waals surface area contributed by atoms with Crippen molar-refractivity contribution in [3.05, 3.63) is 11.7 Å². The molecule has 3 N–H and O–H groups in total. The van der Waals surface area contributed by atoms with Gasteiger partial charge in [0.2, 0.25) is 11.8 Å². The lowest BCUT2D eigenvalue weighted by molar-refractivity contribution is -0.122.